The molecule has 0 spiro atoms. The van der Waals surface area contributed by atoms with Crippen LogP contribution in [0.4, 0.5) is 0 Å². The Morgan fingerprint density at radius 1 is 1.10 bits per heavy atom. The van der Waals surface area contributed by atoms with Gasteiger partial charge in [0.25, 0.3) is 0 Å². The first kappa shape index (κ1) is 15.3. The third-order valence-electron chi connectivity index (χ3n) is 5.20. The maximum Gasteiger partial charge on any atom is 0.303 e. The van der Waals surface area contributed by atoms with Gasteiger partial charge in [-0.25, -0.2) is 0 Å². The van der Waals surface area contributed by atoms with Gasteiger partial charge in [-0.15, -0.1) is 0 Å². The first-order chi connectivity index (χ1) is 9.59. The molecule has 3 nitrogen and oxygen atoms in total. The number of unbranched alkanes of at least 4 members (excludes halogenated alkanes) is 1. The number of carbonyl (C=O) groups is 2. The van der Waals surface area contributed by atoms with Crippen LogP contribution in [0.2, 0.25) is 0 Å². The summed E-state index contributed by atoms with van der Waals surface area (Å²) < 4.78 is 0. The van der Waals surface area contributed by atoms with Crippen molar-refractivity contribution in [1.29, 1.82) is 0 Å². The average Bonchev–Trinajstić information content (AvgIpc) is 2.43. The molecule has 2 unspecified atom stereocenters. The normalized spacial score (nSPS) is 32.6. The molecule has 0 saturated heterocycles. The molecular weight excluding hydrogens is 252 g/mol. The highest BCUT2D eigenvalue weighted by atomic mass is 16.4. The summed E-state index contributed by atoms with van der Waals surface area (Å²) in [6.45, 7) is 1.76. The molecule has 0 aromatic heterocycles. The van der Waals surface area contributed by atoms with Crippen LogP contribution in [-0.4, -0.2) is 16.9 Å². The summed E-state index contributed by atoms with van der Waals surface area (Å²) in [6.07, 6.45) is 12.1. The van der Waals surface area contributed by atoms with E-state index in [1.165, 1.54) is 25.7 Å². The summed E-state index contributed by atoms with van der Waals surface area (Å²) >= 11 is 0. The summed E-state index contributed by atoms with van der Waals surface area (Å²) in [5.41, 5.74) is 0. The third kappa shape index (κ3) is 3.71. The minimum absolute atomic E-state index is 0.245. The Morgan fingerprint density at radius 3 is 2.35 bits per heavy atom. The number of allylic oxidation sites excluding steroid dienone is 2. The minimum Gasteiger partial charge on any atom is -0.481 e. The van der Waals surface area contributed by atoms with Crippen LogP contribution in [0, 0.1) is 23.7 Å². The Labute approximate surface area is 121 Å². The van der Waals surface area contributed by atoms with Crippen LogP contribution in [0.1, 0.15) is 58.3 Å². The molecule has 0 aromatic rings. The fraction of sp³-hybridized carbons (Fsp3) is 0.765. The fourth-order valence-electron chi connectivity index (χ4n) is 4.29. The van der Waals surface area contributed by atoms with Crippen LogP contribution in [0.5, 0.6) is 0 Å². The van der Waals surface area contributed by atoms with E-state index in [0.717, 1.165) is 18.8 Å². The lowest BCUT2D eigenvalue weighted by atomic mass is 9.57. The quantitative estimate of drug-likeness (QED) is 0.569. The van der Waals surface area contributed by atoms with Crippen molar-refractivity contribution in [3.05, 3.63) is 12.2 Å². The zero-order chi connectivity index (χ0) is 14.5. The van der Waals surface area contributed by atoms with Crippen molar-refractivity contribution in [3.8, 4) is 0 Å². The summed E-state index contributed by atoms with van der Waals surface area (Å²) in [5, 5.41) is 8.58. The van der Waals surface area contributed by atoms with Crippen molar-refractivity contribution in [3.63, 3.8) is 0 Å². The van der Waals surface area contributed by atoms with E-state index >= 15 is 0 Å². The van der Waals surface area contributed by atoms with Gasteiger partial charge < -0.3 is 5.11 Å². The zero-order valence-electron chi connectivity index (χ0n) is 12.4. The van der Waals surface area contributed by atoms with Gasteiger partial charge in [0.2, 0.25) is 0 Å². The molecule has 3 rings (SSSR count). The number of hydrogen-bond acceptors (Lipinski definition) is 2. The van der Waals surface area contributed by atoms with E-state index < -0.39 is 5.97 Å². The van der Waals surface area contributed by atoms with Crippen molar-refractivity contribution in [2.75, 3.05) is 0 Å². The molecule has 0 aliphatic heterocycles. The van der Waals surface area contributed by atoms with Crippen LogP contribution in [0.15, 0.2) is 12.2 Å². The fourth-order valence-corrected chi connectivity index (χ4v) is 4.29. The van der Waals surface area contributed by atoms with Crippen molar-refractivity contribution < 1.29 is 14.7 Å². The third-order valence-corrected chi connectivity index (χ3v) is 5.20. The first-order valence-corrected chi connectivity index (χ1v) is 7.97. The number of carbonyl (C=O) groups excluding carboxylic acids is 1. The number of ketones is 1. The zero-order valence-corrected chi connectivity index (χ0v) is 12.4. The van der Waals surface area contributed by atoms with E-state index in [9.17, 15) is 9.59 Å². The Balaban J connectivity index is 1.82. The van der Waals surface area contributed by atoms with Crippen molar-refractivity contribution in [1.82, 2.24) is 0 Å². The second kappa shape index (κ2) is 7.05. The maximum absolute atomic E-state index is 11.9. The number of aliphatic carboxylic acids is 1. The van der Waals surface area contributed by atoms with Gasteiger partial charge in [-0.3, -0.25) is 9.59 Å². The van der Waals surface area contributed by atoms with E-state index in [0.29, 0.717) is 24.0 Å². The predicted molar refractivity (Wildman–Crippen MR) is 78.4 cm³/mol. The molecule has 112 valence electrons. The molecule has 0 radical (unpaired) electrons. The molecule has 0 amide bonds. The Hall–Kier alpha value is -1.12. The second-order valence-corrected chi connectivity index (χ2v) is 6.47. The standard InChI is InChI=1S/C17H26O3/c1-12(18)17-14-10-8-13(9-11-14)15(17)6-4-2-3-5-7-16(19)20/h2,4,13-15,17H,3,5-11H2,1H3,(H,19,20). The molecule has 1 N–H and O–H groups in total. The molecule has 0 aromatic carbocycles. The van der Waals surface area contributed by atoms with Gasteiger partial charge in [0.15, 0.2) is 0 Å². The van der Waals surface area contributed by atoms with E-state index in [2.05, 4.69) is 12.2 Å². The number of carboxylic acid groups (broad SMARTS) is 1. The van der Waals surface area contributed by atoms with E-state index in [1.54, 1.807) is 6.92 Å². The summed E-state index contributed by atoms with van der Waals surface area (Å²) in [4.78, 5) is 22.3. The van der Waals surface area contributed by atoms with Gasteiger partial charge in [-0.05, 0) is 69.6 Å². The number of rotatable bonds is 7. The molecule has 20 heavy (non-hydrogen) atoms. The van der Waals surface area contributed by atoms with Crippen LogP contribution in [-0.2, 0) is 9.59 Å². The van der Waals surface area contributed by atoms with Crippen LogP contribution in [0.3, 0.4) is 0 Å². The molecule has 3 saturated carbocycles. The lowest BCUT2D eigenvalue weighted by Gasteiger charge is -2.47. The van der Waals surface area contributed by atoms with E-state index in [1.807, 2.05) is 0 Å². The van der Waals surface area contributed by atoms with Gasteiger partial charge >= 0.3 is 5.97 Å². The number of fused-ring (bicyclic) bond motifs is 3. The van der Waals surface area contributed by atoms with Crippen molar-refractivity contribution in [2.24, 2.45) is 23.7 Å². The monoisotopic (exact) mass is 278 g/mol. The molecule has 2 atom stereocenters. The molecule has 0 heterocycles. The lowest BCUT2D eigenvalue weighted by Crippen LogP contribution is -2.43. The van der Waals surface area contributed by atoms with Crippen LogP contribution in [0.25, 0.3) is 0 Å². The van der Waals surface area contributed by atoms with Gasteiger partial charge in [0.1, 0.15) is 5.78 Å². The maximum atomic E-state index is 11.9. The van der Waals surface area contributed by atoms with Crippen molar-refractivity contribution in [2.45, 2.75) is 58.3 Å². The van der Waals surface area contributed by atoms with Gasteiger partial charge in [0.05, 0.1) is 0 Å². The Bertz CT molecular complexity index is 378. The van der Waals surface area contributed by atoms with Gasteiger partial charge in [-0.2, -0.15) is 0 Å². The minimum atomic E-state index is -0.723. The largest absolute Gasteiger partial charge is 0.481 e. The summed E-state index contributed by atoms with van der Waals surface area (Å²) in [5.74, 6) is 1.84. The van der Waals surface area contributed by atoms with E-state index in [4.69, 9.17) is 5.11 Å². The Kier molecular flexibility index (Phi) is 5.38. The van der Waals surface area contributed by atoms with E-state index in [-0.39, 0.29) is 12.3 Å². The molecule has 2 bridgehead atoms. The molecular formula is C17H26O3. The smallest absolute Gasteiger partial charge is 0.303 e. The predicted octanol–water partition coefficient (Wildman–Crippen LogP) is 3.83. The summed E-state index contributed by atoms with van der Waals surface area (Å²) in [7, 11) is 0. The highest BCUT2D eigenvalue weighted by molar-refractivity contribution is 5.79. The SMILES string of the molecule is CC(=O)C1C2CCC(CC2)C1CC=CCCCC(=O)O. The Morgan fingerprint density at radius 2 is 1.75 bits per heavy atom. The first-order valence-electron chi connectivity index (χ1n) is 7.97. The number of Topliss-reactive ketones (excluding diaryl/α,β-unsaturated/α-hetero) is 1. The average molecular weight is 278 g/mol. The van der Waals surface area contributed by atoms with Gasteiger partial charge in [0, 0.05) is 12.3 Å². The molecule has 3 heteroatoms. The molecule has 3 aliphatic carbocycles. The van der Waals surface area contributed by atoms with Crippen molar-refractivity contribution >= 4 is 11.8 Å². The molecule has 3 aliphatic rings. The lowest BCUT2D eigenvalue weighted by molar-refractivity contribution is -0.137. The molecule has 3 fully saturated rings. The number of carboxylic acids is 1. The van der Waals surface area contributed by atoms with Crippen LogP contribution >= 0.6 is 0 Å². The highest BCUT2D eigenvalue weighted by Crippen LogP contribution is 2.50. The van der Waals surface area contributed by atoms with Gasteiger partial charge in [-0.1, -0.05) is 12.2 Å². The second-order valence-electron chi connectivity index (χ2n) is 6.47. The topological polar surface area (TPSA) is 54.4 Å². The van der Waals surface area contributed by atoms with Crippen LogP contribution < -0.4 is 0 Å². The summed E-state index contributed by atoms with van der Waals surface area (Å²) in [6, 6.07) is 0. The highest BCUT2D eigenvalue weighted by Gasteiger charge is 2.44. The number of hydrogen-bond donors (Lipinski definition) is 1.